The van der Waals surface area contributed by atoms with Crippen molar-refractivity contribution in [2.45, 2.75) is 37.7 Å². The minimum absolute atomic E-state index is 0.0434. The standard InChI is InChI=1S/C23H21ClN2OS2/c1-3-12-26-22(27)21-19(13-20(29-21)16-10-8-15(2)9-11-16)25-23(26)28-14-17-6-4-5-7-18(17)24/h4-11,13H,3,12,14H2,1-2H3. The van der Waals surface area contributed by atoms with E-state index in [9.17, 15) is 4.79 Å². The van der Waals surface area contributed by atoms with E-state index >= 15 is 0 Å². The average molecular weight is 441 g/mol. The lowest BCUT2D eigenvalue weighted by Crippen LogP contribution is -2.22. The van der Waals surface area contributed by atoms with Crippen molar-refractivity contribution in [3.63, 3.8) is 0 Å². The quantitative estimate of drug-likeness (QED) is 0.244. The fourth-order valence-corrected chi connectivity index (χ4v) is 5.50. The molecule has 0 N–H and O–H groups in total. The highest BCUT2D eigenvalue weighted by Gasteiger charge is 2.15. The fraction of sp³-hybridized carbons (Fsp3) is 0.217. The maximum atomic E-state index is 13.2. The lowest BCUT2D eigenvalue weighted by atomic mass is 10.1. The molecular weight excluding hydrogens is 420 g/mol. The van der Waals surface area contributed by atoms with Gasteiger partial charge in [-0.25, -0.2) is 4.98 Å². The van der Waals surface area contributed by atoms with Gasteiger partial charge in [0.15, 0.2) is 5.16 Å². The second kappa shape index (κ2) is 8.74. The van der Waals surface area contributed by atoms with E-state index in [-0.39, 0.29) is 5.56 Å². The Morgan fingerprint density at radius 3 is 2.62 bits per heavy atom. The van der Waals surface area contributed by atoms with E-state index in [2.05, 4.69) is 38.1 Å². The lowest BCUT2D eigenvalue weighted by molar-refractivity contribution is 0.585. The molecular formula is C23H21ClN2OS2. The number of fused-ring (bicyclic) bond motifs is 1. The molecule has 0 bridgehead atoms. The molecule has 148 valence electrons. The van der Waals surface area contributed by atoms with Crippen molar-refractivity contribution in [2.75, 3.05) is 0 Å². The number of hydrogen-bond donors (Lipinski definition) is 0. The number of aromatic nitrogens is 2. The summed E-state index contributed by atoms with van der Waals surface area (Å²) >= 11 is 9.38. The molecule has 0 radical (unpaired) electrons. The molecule has 0 saturated carbocycles. The first-order valence-electron chi connectivity index (χ1n) is 9.54. The molecule has 0 unspecified atom stereocenters. The van der Waals surface area contributed by atoms with Crippen LogP contribution in [-0.2, 0) is 12.3 Å². The van der Waals surface area contributed by atoms with Gasteiger partial charge in [0.1, 0.15) is 4.70 Å². The van der Waals surface area contributed by atoms with Crippen molar-refractivity contribution in [3.05, 3.63) is 81.1 Å². The van der Waals surface area contributed by atoms with E-state index in [1.807, 2.05) is 30.3 Å². The Bertz CT molecular complexity index is 1210. The van der Waals surface area contributed by atoms with Gasteiger partial charge in [-0.05, 0) is 36.6 Å². The highest BCUT2D eigenvalue weighted by Crippen LogP contribution is 2.33. The van der Waals surface area contributed by atoms with Gasteiger partial charge in [-0.2, -0.15) is 0 Å². The van der Waals surface area contributed by atoms with Gasteiger partial charge in [-0.15, -0.1) is 11.3 Å². The fourth-order valence-electron chi connectivity index (χ4n) is 3.14. The van der Waals surface area contributed by atoms with Crippen molar-refractivity contribution < 1.29 is 0 Å². The van der Waals surface area contributed by atoms with Crippen molar-refractivity contribution >= 4 is 44.9 Å². The molecule has 4 rings (SSSR count). The summed E-state index contributed by atoms with van der Waals surface area (Å²) in [5.74, 6) is 0.677. The summed E-state index contributed by atoms with van der Waals surface area (Å²) in [6, 6.07) is 18.2. The number of benzene rings is 2. The molecule has 2 heterocycles. The van der Waals surface area contributed by atoms with Gasteiger partial charge in [0.25, 0.3) is 5.56 Å². The van der Waals surface area contributed by atoms with Crippen molar-refractivity contribution in [1.82, 2.24) is 9.55 Å². The predicted octanol–water partition coefficient (Wildman–Crippen LogP) is 6.79. The lowest BCUT2D eigenvalue weighted by Gasteiger charge is -2.11. The first kappa shape index (κ1) is 20.2. The van der Waals surface area contributed by atoms with Crippen LogP contribution in [0.3, 0.4) is 0 Å². The van der Waals surface area contributed by atoms with Crippen LogP contribution in [-0.4, -0.2) is 9.55 Å². The number of thioether (sulfide) groups is 1. The number of nitrogens with zero attached hydrogens (tertiary/aromatic N) is 2. The topological polar surface area (TPSA) is 34.9 Å². The van der Waals surface area contributed by atoms with Gasteiger partial charge >= 0.3 is 0 Å². The van der Waals surface area contributed by atoms with Crippen LogP contribution in [0.1, 0.15) is 24.5 Å². The molecule has 6 heteroatoms. The molecule has 2 aromatic carbocycles. The highest BCUT2D eigenvalue weighted by molar-refractivity contribution is 7.98. The molecule has 3 nitrogen and oxygen atoms in total. The Morgan fingerprint density at radius 1 is 1.14 bits per heavy atom. The van der Waals surface area contributed by atoms with Crippen molar-refractivity contribution in [2.24, 2.45) is 0 Å². The van der Waals surface area contributed by atoms with E-state index < -0.39 is 0 Å². The first-order valence-corrected chi connectivity index (χ1v) is 11.7. The molecule has 4 aromatic rings. The Kier molecular flexibility index (Phi) is 6.09. The summed E-state index contributed by atoms with van der Waals surface area (Å²) in [5.41, 5.74) is 4.19. The van der Waals surface area contributed by atoms with Crippen molar-refractivity contribution in [1.29, 1.82) is 0 Å². The summed E-state index contributed by atoms with van der Waals surface area (Å²) in [6.07, 6.45) is 0.878. The average Bonchev–Trinajstić information content (AvgIpc) is 3.15. The number of rotatable bonds is 6. The summed E-state index contributed by atoms with van der Waals surface area (Å²) in [5, 5.41) is 1.49. The Balaban J connectivity index is 1.75. The molecule has 2 aromatic heterocycles. The Morgan fingerprint density at radius 2 is 1.90 bits per heavy atom. The molecule has 0 saturated heterocycles. The maximum Gasteiger partial charge on any atom is 0.272 e. The van der Waals surface area contributed by atoms with E-state index in [0.29, 0.717) is 12.3 Å². The third-order valence-corrected chi connectivity index (χ3v) is 7.25. The molecule has 0 fully saturated rings. The SMILES string of the molecule is CCCn1c(SCc2ccccc2Cl)nc2cc(-c3ccc(C)cc3)sc2c1=O. The summed E-state index contributed by atoms with van der Waals surface area (Å²) in [7, 11) is 0. The van der Waals surface area contributed by atoms with E-state index in [4.69, 9.17) is 16.6 Å². The Labute approximate surface area is 183 Å². The third-order valence-electron chi connectivity index (χ3n) is 4.70. The van der Waals surface area contributed by atoms with Crippen LogP contribution < -0.4 is 5.56 Å². The largest absolute Gasteiger partial charge is 0.286 e. The van der Waals surface area contributed by atoms with Gasteiger partial charge in [-0.3, -0.25) is 9.36 Å². The van der Waals surface area contributed by atoms with Gasteiger partial charge in [0.2, 0.25) is 0 Å². The van der Waals surface area contributed by atoms with Crippen LogP contribution in [0.5, 0.6) is 0 Å². The van der Waals surface area contributed by atoms with Crippen LogP contribution >= 0.6 is 34.7 Å². The zero-order chi connectivity index (χ0) is 20.4. The number of aryl methyl sites for hydroxylation is 1. The van der Waals surface area contributed by atoms with E-state index in [1.54, 1.807) is 16.3 Å². The highest BCUT2D eigenvalue weighted by atomic mass is 35.5. The molecule has 0 spiro atoms. The molecule has 0 amide bonds. The number of halogens is 1. The van der Waals surface area contributed by atoms with Crippen LogP contribution in [0.2, 0.25) is 5.02 Å². The molecule has 0 aliphatic heterocycles. The van der Waals surface area contributed by atoms with Crippen molar-refractivity contribution in [3.8, 4) is 10.4 Å². The zero-order valence-electron chi connectivity index (χ0n) is 16.3. The monoisotopic (exact) mass is 440 g/mol. The second-order valence-corrected chi connectivity index (χ2v) is 9.32. The maximum absolute atomic E-state index is 13.2. The number of thiophene rings is 1. The number of hydrogen-bond acceptors (Lipinski definition) is 4. The zero-order valence-corrected chi connectivity index (χ0v) is 18.7. The van der Waals surface area contributed by atoms with Crippen LogP contribution in [0.4, 0.5) is 0 Å². The summed E-state index contributed by atoms with van der Waals surface area (Å²) < 4.78 is 2.52. The minimum atomic E-state index is 0.0434. The van der Waals surface area contributed by atoms with Crippen LogP contribution in [0.15, 0.2) is 64.5 Å². The molecule has 29 heavy (non-hydrogen) atoms. The predicted molar refractivity (Wildman–Crippen MR) is 125 cm³/mol. The normalized spacial score (nSPS) is 11.3. The smallest absolute Gasteiger partial charge is 0.272 e. The summed E-state index contributed by atoms with van der Waals surface area (Å²) in [4.78, 5) is 19.1. The van der Waals surface area contributed by atoms with Crippen LogP contribution in [0, 0.1) is 6.92 Å². The van der Waals surface area contributed by atoms with Gasteiger partial charge in [0, 0.05) is 22.2 Å². The van der Waals surface area contributed by atoms with Gasteiger partial charge < -0.3 is 0 Å². The van der Waals surface area contributed by atoms with Gasteiger partial charge in [0.05, 0.1) is 5.52 Å². The summed E-state index contributed by atoms with van der Waals surface area (Å²) in [6.45, 7) is 4.80. The first-order chi connectivity index (χ1) is 14.1. The molecule has 0 aliphatic carbocycles. The van der Waals surface area contributed by atoms with Crippen LogP contribution in [0.25, 0.3) is 20.7 Å². The Hall–Kier alpha value is -2.08. The third kappa shape index (κ3) is 4.27. The van der Waals surface area contributed by atoms with Gasteiger partial charge in [-0.1, -0.05) is 78.3 Å². The molecule has 0 aliphatic rings. The van der Waals surface area contributed by atoms with E-state index in [1.165, 1.54) is 16.9 Å². The van der Waals surface area contributed by atoms with E-state index in [0.717, 1.165) is 42.8 Å². The molecule has 0 atom stereocenters. The minimum Gasteiger partial charge on any atom is -0.286 e. The second-order valence-electron chi connectivity index (χ2n) is 6.92.